The maximum Gasteiger partial charge on any atom is 0.257 e. The molecule has 8 heteroatoms. The van der Waals surface area contributed by atoms with Gasteiger partial charge in [-0.15, -0.1) is 0 Å². The number of nitrogens with zero attached hydrogens (tertiary/aromatic N) is 1. The molecule has 3 rings (SSSR count). The van der Waals surface area contributed by atoms with Crippen molar-refractivity contribution in [3.8, 4) is 0 Å². The molecule has 6 nitrogen and oxygen atoms in total. The second-order valence-corrected chi connectivity index (χ2v) is 7.53. The van der Waals surface area contributed by atoms with E-state index in [0.717, 1.165) is 21.3 Å². The molecule has 3 aromatic rings. The summed E-state index contributed by atoms with van der Waals surface area (Å²) in [6.07, 6.45) is 0. The summed E-state index contributed by atoms with van der Waals surface area (Å²) in [7, 11) is 0. The normalized spacial score (nSPS) is 10.5. The highest BCUT2D eigenvalue weighted by Crippen LogP contribution is 2.28. The van der Waals surface area contributed by atoms with Crippen LogP contribution in [-0.4, -0.2) is 21.9 Å². The molecule has 1 aromatic heterocycles. The molecule has 27 heavy (non-hydrogen) atoms. The number of carbonyl (C=O) groups excluding carboxylic acids is 2. The standard InChI is InChI=1S/C19H18N4O2S2/c1-10-4-5-13(8-11(10)2)17(25)22-18(26)23-19-21-15-7-6-14(20-12(3)24)9-16(15)27-19/h4-9H,1-3H3,(H,20,24)(H2,21,22,23,25,26). The van der Waals surface area contributed by atoms with Gasteiger partial charge in [0, 0.05) is 18.2 Å². The number of carbonyl (C=O) groups is 2. The molecule has 0 saturated carbocycles. The average molecular weight is 399 g/mol. The van der Waals surface area contributed by atoms with Crippen LogP contribution in [0, 0.1) is 13.8 Å². The molecule has 0 unspecified atom stereocenters. The van der Waals surface area contributed by atoms with E-state index in [2.05, 4.69) is 20.9 Å². The topological polar surface area (TPSA) is 83.1 Å². The second kappa shape index (κ2) is 7.81. The lowest BCUT2D eigenvalue weighted by atomic mass is 10.1. The van der Waals surface area contributed by atoms with E-state index in [9.17, 15) is 9.59 Å². The molecule has 0 aliphatic heterocycles. The van der Waals surface area contributed by atoms with Gasteiger partial charge < -0.3 is 10.6 Å². The lowest BCUT2D eigenvalue weighted by Gasteiger charge is -2.08. The van der Waals surface area contributed by atoms with Crippen molar-refractivity contribution in [1.29, 1.82) is 0 Å². The predicted molar refractivity (Wildman–Crippen MR) is 114 cm³/mol. The smallest absolute Gasteiger partial charge is 0.257 e. The number of amides is 2. The summed E-state index contributed by atoms with van der Waals surface area (Å²) in [4.78, 5) is 27.9. The van der Waals surface area contributed by atoms with E-state index >= 15 is 0 Å². The number of rotatable bonds is 3. The van der Waals surface area contributed by atoms with Gasteiger partial charge >= 0.3 is 0 Å². The SMILES string of the molecule is CC(=O)Nc1ccc2nc(NC(=S)NC(=O)c3ccc(C)c(C)c3)sc2c1. The molecule has 138 valence electrons. The molecule has 0 radical (unpaired) electrons. The number of aryl methyl sites for hydroxylation is 2. The molecule has 0 fully saturated rings. The summed E-state index contributed by atoms with van der Waals surface area (Å²) in [5.41, 5.74) is 4.20. The van der Waals surface area contributed by atoms with Crippen molar-refractivity contribution in [2.45, 2.75) is 20.8 Å². The van der Waals surface area contributed by atoms with Crippen LogP contribution >= 0.6 is 23.6 Å². The van der Waals surface area contributed by atoms with E-state index in [-0.39, 0.29) is 16.9 Å². The molecule has 0 bridgehead atoms. The van der Waals surface area contributed by atoms with Crippen molar-refractivity contribution in [3.05, 3.63) is 53.1 Å². The van der Waals surface area contributed by atoms with E-state index in [1.807, 2.05) is 38.1 Å². The summed E-state index contributed by atoms with van der Waals surface area (Å²) in [5, 5.41) is 9.08. The monoisotopic (exact) mass is 398 g/mol. The van der Waals surface area contributed by atoms with Crippen LogP contribution in [0.3, 0.4) is 0 Å². The highest BCUT2D eigenvalue weighted by molar-refractivity contribution is 7.80. The van der Waals surface area contributed by atoms with Gasteiger partial charge in [-0.3, -0.25) is 14.9 Å². The Morgan fingerprint density at radius 2 is 1.81 bits per heavy atom. The summed E-state index contributed by atoms with van der Waals surface area (Å²) >= 11 is 6.61. The molecule has 0 saturated heterocycles. The highest BCUT2D eigenvalue weighted by Gasteiger charge is 2.11. The van der Waals surface area contributed by atoms with Gasteiger partial charge in [0.05, 0.1) is 10.2 Å². The number of benzene rings is 2. The summed E-state index contributed by atoms with van der Waals surface area (Å²) in [6, 6.07) is 10.9. The molecule has 0 aliphatic carbocycles. The molecule has 0 aliphatic rings. The Labute approximate surface area is 166 Å². The van der Waals surface area contributed by atoms with Crippen molar-refractivity contribution < 1.29 is 9.59 Å². The van der Waals surface area contributed by atoms with E-state index < -0.39 is 0 Å². The quantitative estimate of drug-likeness (QED) is 0.581. The largest absolute Gasteiger partial charge is 0.326 e. The zero-order valence-corrected chi connectivity index (χ0v) is 16.7. The Kier molecular flexibility index (Phi) is 5.48. The first kappa shape index (κ1) is 18.9. The van der Waals surface area contributed by atoms with Crippen LogP contribution in [0.4, 0.5) is 10.8 Å². The van der Waals surface area contributed by atoms with Crippen LogP contribution in [0.5, 0.6) is 0 Å². The van der Waals surface area contributed by atoms with Crippen LogP contribution < -0.4 is 16.0 Å². The molecular weight excluding hydrogens is 380 g/mol. The molecule has 2 amide bonds. The van der Waals surface area contributed by atoms with Gasteiger partial charge in [-0.2, -0.15) is 0 Å². The molecular formula is C19H18N4O2S2. The minimum absolute atomic E-state index is 0.132. The maximum absolute atomic E-state index is 12.3. The van der Waals surface area contributed by atoms with E-state index in [1.54, 1.807) is 12.1 Å². The predicted octanol–water partition coefficient (Wildman–Crippen LogP) is 4.00. The van der Waals surface area contributed by atoms with E-state index in [1.165, 1.54) is 18.3 Å². The van der Waals surface area contributed by atoms with Crippen LogP contribution in [0.1, 0.15) is 28.4 Å². The van der Waals surface area contributed by atoms with Crippen LogP contribution in [0.15, 0.2) is 36.4 Å². The maximum atomic E-state index is 12.3. The number of fused-ring (bicyclic) bond motifs is 1. The van der Waals surface area contributed by atoms with Gasteiger partial charge in [0.2, 0.25) is 5.91 Å². The van der Waals surface area contributed by atoms with Gasteiger partial charge in [-0.1, -0.05) is 17.4 Å². The first-order valence-corrected chi connectivity index (χ1v) is 9.42. The van der Waals surface area contributed by atoms with Gasteiger partial charge in [0.15, 0.2) is 10.2 Å². The third-order valence-electron chi connectivity index (χ3n) is 3.93. The average Bonchev–Trinajstić information content (AvgIpc) is 2.97. The second-order valence-electron chi connectivity index (χ2n) is 6.09. The molecule has 3 N–H and O–H groups in total. The number of hydrogen-bond acceptors (Lipinski definition) is 5. The zero-order chi connectivity index (χ0) is 19.6. The Morgan fingerprint density at radius 3 is 2.52 bits per heavy atom. The lowest BCUT2D eigenvalue weighted by Crippen LogP contribution is -2.34. The fourth-order valence-corrected chi connectivity index (χ4v) is 3.61. The number of thiazole rings is 1. The van der Waals surface area contributed by atoms with Crippen molar-refractivity contribution in [3.63, 3.8) is 0 Å². The molecule has 1 heterocycles. The Bertz CT molecular complexity index is 1060. The van der Waals surface area contributed by atoms with Gasteiger partial charge in [-0.25, -0.2) is 4.98 Å². The minimum atomic E-state index is -0.273. The van der Waals surface area contributed by atoms with Crippen molar-refractivity contribution in [2.24, 2.45) is 0 Å². The fraction of sp³-hybridized carbons (Fsp3) is 0.158. The number of nitrogens with one attached hydrogen (secondary N) is 3. The number of thiocarbonyl (C=S) groups is 1. The Morgan fingerprint density at radius 1 is 1.04 bits per heavy atom. The fourth-order valence-electron chi connectivity index (χ4n) is 2.45. The van der Waals surface area contributed by atoms with Crippen LogP contribution in [0.25, 0.3) is 10.2 Å². The van der Waals surface area contributed by atoms with Crippen molar-refractivity contribution >= 4 is 61.5 Å². The summed E-state index contributed by atoms with van der Waals surface area (Å²) in [5.74, 6) is -0.405. The summed E-state index contributed by atoms with van der Waals surface area (Å²) < 4.78 is 0.895. The third-order valence-corrected chi connectivity index (χ3v) is 5.06. The number of anilines is 2. The zero-order valence-electron chi connectivity index (χ0n) is 15.0. The van der Waals surface area contributed by atoms with Gasteiger partial charge in [0.1, 0.15) is 0 Å². The van der Waals surface area contributed by atoms with Gasteiger partial charge in [0.25, 0.3) is 5.91 Å². The minimum Gasteiger partial charge on any atom is -0.326 e. The highest BCUT2D eigenvalue weighted by atomic mass is 32.1. The van der Waals surface area contributed by atoms with Crippen LogP contribution in [-0.2, 0) is 4.79 Å². The van der Waals surface area contributed by atoms with Gasteiger partial charge in [-0.05, 0) is 67.5 Å². The first-order valence-electron chi connectivity index (χ1n) is 8.19. The molecule has 0 atom stereocenters. The van der Waals surface area contributed by atoms with E-state index in [0.29, 0.717) is 16.4 Å². The number of hydrogen-bond donors (Lipinski definition) is 3. The Hall–Kier alpha value is -2.84. The first-order chi connectivity index (χ1) is 12.8. The number of aromatic nitrogens is 1. The van der Waals surface area contributed by atoms with Crippen molar-refractivity contribution in [1.82, 2.24) is 10.3 Å². The third kappa shape index (κ3) is 4.66. The lowest BCUT2D eigenvalue weighted by molar-refractivity contribution is -0.114. The van der Waals surface area contributed by atoms with E-state index in [4.69, 9.17) is 12.2 Å². The molecule has 2 aromatic carbocycles. The summed E-state index contributed by atoms with van der Waals surface area (Å²) in [6.45, 7) is 5.41. The van der Waals surface area contributed by atoms with Crippen molar-refractivity contribution in [2.75, 3.05) is 10.6 Å². The van der Waals surface area contributed by atoms with Crippen LogP contribution in [0.2, 0.25) is 0 Å². The Balaban J connectivity index is 1.68. The molecule has 0 spiro atoms.